The van der Waals surface area contributed by atoms with E-state index in [1.54, 1.807) is 6.92 Å². The van der Waals surface area contributed by atoms with Gasteiger partial charge in [0.15, 0.2) is 0 Å². The molecular formula is C27H42O4. The fourth-order valence-electron chi connectivity index (χ4n) is 9.41. The minimum absolute atomic E-state index is 0.0442. The summed E-state index contributed by atoms with van der Waals surface area (Å²) in [6.45, 7) is 8.82. The standard InChI is InChI=1S/C27H42O4/c1-17-16-25(3)19(15-23(17)29)8-9-20-21(25)10-13-26(4)22(20)11-14-27(26,18(2)28)12-6-5-7-24(30)31/h17,19-22H,5-16H2,1-4H3,(H,30,31)/t17?,19-,20+,21-,22-,25-,26-,27+/m0/s1. The van der Waals surface area contributed by atoms with Gasteiger partial charge in [-0.1, -0.05) is 27.2 Å². The second-order valence-electron chi connectivity index (χ2n) is 12.2. The van der Waals surface area contributed by atoms with E-state index < -0.39 is 5.97 Å². The van der Waals surface area contributed by atoms with Crippen LogP contribution in [0.4, 0.5) is 0 Å². The van der Waals surface area contributed by atoms with Crippen molar-refractivity contribution >= 4 is 17.5 Å². The first-order valence-electron chi connectivity index (χ1n) is 12.8. The Bertz CT molecular complexity index is 758. The maximum absolute atomic E-state index is 13.1. The lowest BCUT2D eigenvalue weighted by Gasteiger charge is -2.62. The van der Waals surface area contributed by atoms with Gasteiger partial charge < -0.3 is 5.11 Å². The van der Waals surface area contributed by atoms with Gasteiger partial charge in [0.1, 0.15) is 11.6 Å². The zero-order chi connectivity index (χ0) is 22.6. The maximum atomic E-state index is 13.1. The molecular weight excluding hydrogens is 388 g/mol. The van der Waals surface area contributed by atoms with E-state index in [0.717, 1.165) is 44.9 Å². The third-order valence-electron chi connectivity index (χ3n) is 11.1. The Morgan fingerprint density at radius 3 is 2.42 bits per heavy atom. The molecule has 31 heavy (non-hydrogen) atoms. The highest BCUT2D eigenvalue weighted by atomic mass is 16.4. The minimum atomic E-state index is -0.738. The fourth-order valence-corrected chi connectivity index (χ4v) is 9.41. The number of fused-ring (bicyclic) bond motifs is 5. The van der Waals surface area contributed by atoms with Crippen LogP contribution in [-0.2, 0) is 14.4 Å². The molecule has 0 saturated heterocycles. The molecule has 4 fully saturated rings. The Morgan fingerprint density at radius 2 is 1.74 bits per heavy atom. The van der Waals surface area contributed by atoms with Crippen molar-refractivity contribution in [1.82, 2.24) is 0 Å². The van der Waals surface area contributed by atoms with Gasteiger partial charge in [0.05, 0.1) is 0 Å². The van der Waals surface area contributed by atoms with Crippen LogP contribution in [-0.4, -0.2) is 22.6 Å². The molecule has 174 valence electrons. The highest BCUT2D eigenvalue weighted by Crippen LogP contribution is 2.71. The zero-order valence-corrected chi connectivity index (χ0v) is 20.0. The van der Waals surface area contributed by atoms with E-state index in [0.29, 0.717) is 41.7 Å². The molecule has 0 bridgehead atoms. The molecule has 0 radical (unpaired) electrons. The van der Waals surface area contributed by atoms with Crippen molar-refractivity contribution in [1.29, 1.82) is 0 Å². The highest BCUT2D eigenvalue weighted by molar-refractivity contribution is 5.84. The number of hydrogen-bond donors (Lipinski definition) is 1. The van der Waals surface area contributed by atoms with E-state index in [2.05, 4.69) is 20.8 Å². The molecule has 1 unspecified atom stereocenters. The van der Waals surface area contributed by atoms with Gasteiger partial charge in [0.2, 0.25) is 0 Å². The van der Waals surface area contributed by atoms with Crippen molar-refractivity contribution in [2.75, 3.05) is 0 Å². The lowest BCUT2D eigenvalue weighted by Crippen LogP contribution is -2.56. The van der Waals surface area contributed by atoms with Crippen LogP contribution in [0.15, 0.2) is 0 Å². The van der Waals surface area contributed by atoms with E-state index in [9.17, 15) is 14.4 Å². The topological polar surface area (TPSA) is 71.4 Å². The predicted octanol–water partition coefficient (Wildman–Crippen LogP) is 6.06. The van der Waals surface area contributed by atoms with Crippen LogP contribution in [0, 0.1) is 45.8 Å². The molecule has 4 nitrogen and oxygen atoms in total. The quantitative estimate of drug-likeness (QED) is 0.520. The van der Waals surface area contributed by atoms with Crippen LogP contribution in [0.5, 0.6) is 0 Å². The summed E-state index contributed by atoms with van der Waals surface area (Å²) in [7, 11) is 0. The first-order valence-corrected chi connectivity index (χ1v) is 12.8. The van der Waals surface area contributed by atoms with Gasteiger partial charge in [-0.3, -0.25) is 14.4 Å². The Balaban J connectivity index is 1.57. The average molecular weight is 431 g/mol. The molecule has 4 saturated carbocycles. The highest BCUT2D eigenvalue weighted by Gasteiger charge is 2.66. The number of carboxylic acids is 1. The first kappa shape index (κ1) is 23.0. The van der Waals surface area contributed by atoms with Crippen LogP contribution >= 0.6 is 0 Å². The van der Waals surface area contributed by atoms with Gasteiger partial charge in [-0.25, -0.2) is 0 Å². The summed E-state index contributed by atoms with van der Waals surface area (Å²) < 4.78 is 0. The Labute approximate surface area is 187 Å². The van der Waals surface area contributed by atoms with Crippen molar-refractivity contribution in [3.8, 4) is 0 Å². The molecule has 0 aromatic carbocycles. The average Bonchev–Trinajstić information content (AvgIpc) is 3.00. The van der Waals surface area contributed by atoms with E-state index in [1.807, 2.05) is 0 Å². The Kier molecular flexibility index (Phi) is 5.92. The molecule has 0 heterocycles. The first-order chi connectivity index (χ1) is 14.5. The smallest absolute Gasteiger partial charge is 0.303 e. The summed E-state index contributed by atoms with van der Waals surface area (Å²) in [5.41, 5.74) is 0.0533. The number of unbranched alkanes of at least 4 members (excludes halogenated alkanes) is 1. The van der Waals surface area contributed by atoms with Gasteiger partial charge in [0.25, 0.3) is 0 Å². The fraction of sp³-hybridized carbons (Fsp3) is 0.889. The summed E-state index contributed by atoms with van der Waals surface area (Å²) in [5, 5.41) is 9.01. The number of carbonyl (C=O) groups is 3. The van der Waals surface area contributed by atoms with Gasteiger partial charge in [-0.2, -0.15) is 0 Å². The summed E-state index contributed by atoms with van der Waals surface area (Å²) in [4.78, 5) is 36.5. The van der Waals surface area contributed by atoms with Crippen LogP contribution < -0.4 is 0 Å². The molecule has 0 amide bonds. The van der Waals surface area contributed by atoms with Crippen molar-refractivity contribution in [2.45, 2.75) is 105 Å². The minimum Gasteiger partial charge on any atom is -0.481 e. The maximum Gasteiger partial charge on any atom is 0.303 e. The summed E-state index contributed by atoms with van der Waals surface area (Å²) in [6, 6.07) is 0. The number of rotatable bonds is 6. The van der Waals surface area contributed by atoms with Crippen molar-refractivity contribution in [3.05, 3.63) is 0 Å². The second-order valence-corrected chi connectivity index (χ2v) is 12.2. The number of carboxylic acid groups (broad SMARTS) is 1. The van der Waals surface area contributed by atoms with Crippen molar-refractivity contribution in [3.63, 3.8) is 0 Å². The molecule has 8 atom stereocenters. The van der Waals surface area contributed by atoms with Gasteiger partial charge >= 0.3 is 5.97 Å². The monoisotopic (exact) mass is 430 g/mol. The number of Topliss-reactive ketones (excluding diaryl/α,β-unsaturated/α-hetero) is 2. The molecule has 0 aromatic heterocycles. The van der Waals surface area contributed by atoms with Crippen LogP contribution in [0.3, 0.4) is 0 Å². The Hall–Kier alpha value is -1.19. The van der Waals surface area contributed by atoms with Crippen LogP contribution in [0.25, 0.3) is 0 Å². The lowest BCUT2D eigenvalue weighted by molar-refractivity contribution is -0.157. The molecule has 0 spiro atoms. The third-order valence-corrected chi connectivity index (χ3v) is 11.1. The van der Waals surface area contributed by atoms with Gasteiger partial charge in [0, 0.05) is 24.2 Å². The van der Waals surface area contributed by atoms with E-state index in [-0.39, 0.29) is 28.6 Å². The summed E-state index contributed by atoms with van der Waals surface area (Å²) in [5.74, 6) is 2.79. The number of ketones is 2. The molecule has 0 aromatic rings. The largest absolute Gasteiger partial charge is 0.481 e. The number of carbonyl (C=O) groups excluding carboxylic acids is 2. The molecule has 1 N–H and O–H groups in total. The predicted molar refractivity (Wildman–Crippen MR) is 120 cm³/mol. The third kappa shape index (κ3) is 3.42. The number of aliphatic carboxylic acids is 1. The summed E-state index contributed by atoms with van der Waals surface area (Å²) in [6.07, 6.45) is 11.2. The van der Waals surface area contributed by atoms with E-state index in [1.165, 1.54) is 19.3 Å². The molecule has 4 aliphatic rings. The van der Waals surface area contributed by atoms with E-state index >= 15 is 0 Å². The summed E-state index contributed by atoms with van der Waals surface area (Å²) >= 11 is 0. The van der Waals surface area contributed by atoms with Crippen molar-refractivity contribution in [2.24, 2.45) is 45.8 Å². The lowest BCUT2D eigenvalue weighted by atomic mass is 9.42. The normalized spacial score (nSPS) is 46.7. The van der Waals surface area contributed by atoms with Crippen LogP contribution in [0.1, 0.15) is 105 Å². The Morgan fingerprint density at radius 1 is 1.03 bits per heavy atom. The van der Waals surface area contributed by atoms with Gasteiger partial charge in [-0.15, -0.1) is 0 Å². The molecule has 4 rings (SSSR count). The number of hydrogen-bond acceptors (Lipinski definition) is 3. The molecule has 4 heteroatoms. The van der Waals surface area contributed by atoms with Crippen LogP contribution in [0.2, 0.25) is 0 Å². The molecule has 4 aliphatic carbocycles. The SMILES string of the molecule is CC(=O)[C@@]1(CCCCC(=O)O)CC[C@H]2[C@@H]3CC[C@H]4CC(=O)C(C)C[C@]4(C)[C@H]3CC[C@@]21C. The second kappa shape index (κ2) is 7.99. The van der Waals surface area contributed by atoms with Gasteiger partial charge in [-0.05, 0) is 99.2 Å². The van der Waals surface area contributed by atoms with E-state index in [4.69, 9.17) is 5.11 Å². The molecule has 0 aliphatic heterocycles. The van der Waals surface area contributed by atoms with Crippen molar-refractivity contribution < 1.29 is 19.5 Å². The zero-order valence-electron chi connectivity index (χ0n) is 20.0.